The van der Waals surface area contributed by atoms with Gasteiger partial charge in [-0.2, -0.15) is 5.10 Å². The van der Waals surface area contributed by atoms with Gasteiger partial charge in [0, 0.05) is 25.7 Å². The molecule has 0 saturated carbocycles. The van der Waals surface area contributed by atoms with Gasteiger partial charge in [0.05, 0.1) is 0 Å². The molecule has 176 valence electrons. The van der Waals surface area contributed by atoms with Crippen molar-refractivity contribution in [1.29, 1.82) is 0 Å². The Labute approximate surface area is 191 Å². The van der Waals surface area contributed by atoms with E-state index in [4.69, 9.17) is 0 Å². The number of hydrogen-bond acceptors (Lipinski definition) is 3. The highest BCUT2D eigenvalue weighted by molar-refractivity contribution is 5.85. The fourth-order valence-corrected chi connectivity index (χ4v) is 4.00. The number of aryl methyl sites for hydroxylation is 1. The van der Waals surface area contributed by atoms with Crippen LogP contribution in [0, 0.1) is 12.7 Å². The molecular formula is C27H46FN3. The van der Waals surface area contributed by atoms with Gasteiger partial charge in [0.1, 0.15) is 11.7 Å². The first-order chi connectivity index (χ1) is 14.9. The summed E-state index contributed by atoms with van der Waals surface area (Å²) in [7, 11) is 2.14. The average molecular weight is 432 g/mol. The molecular weight excluding hydrogens is 385 g/mol. The molecule has 3 nitrogen and oxygen atoms in total. The van der Waals surface area contributed by atoms with Gasteiger partial charge in [-0.3, -0.25) is 0 Å². The van der Waals surface area contributed by atoms with Crippen molar-refractivity contribution in [2.45, 2.75) is 111 Å². The predicted octanol–water partition coefficient (Wildman–Crippen LogP) is 8.27. The highest BCUT2D eigenvalue weighted by Crippen LogP contribution is 2.28. The van der Waals surface area contributed by atoms with E-state index >= 15 is 0 Å². The third kappa shape index (κ3) is 10.9. The maximum Gasteiger partial charge on any atom is 0.127 e. The van der Waals surface area contributed by atoms with Crippen LogP contribution < -0.4 is 0 Å². The van der Waals surface area contributed by atoms with Crippen LogP contribution in [0.25, 0.3) is 0 Å². The number of benzene rings is 1. The van der Waals surface area contributed by atoms with Crippen LogP contribution in [0.5, 0.6) is 0 Å². The lowest BCUT2D eigenvalue weighted by Gasteiger charge is -2.21. The van der Waals surface area contributed by atoms with Crippen molar-refractivity contribution < 1.29 is 4.39 Å². The van der Waals surface area contributed by atoms with Crippen molar-refractivity contribution in [3.63, 3.8) is 0 Å². The van der Waals surface area contributed by atoms with Gasteiger partial charge in [-0.15, -0.1) is 5.10 Å². The van der Waals surface area contributed by atoms with Crippen LogP contribution in [-0.4, -0.2) is 30.0 Å². The number of rotatable bonds is 8. The molecule has 0 fully saturated rings. The number of amidine groups is 1. The summed E-state index contributed by atoms with van der Waals surface area (Å²) < 4.78 is 13.7. The third-order valence-corrected chi connectivity index (χ3v) is 5.93. The average Bonchev–Trinajstić information content (AvgIpc) is 2.73. The first-order valence-corrected chi connectivity index (χ1v) is 12.5. The molecule has 31 heavy (non-hydrogen) atoms. The van der Waals surface area contributed by atoms with Gasteiger partial charge in [-0.1, -0.05) is 58.6 Å². The first-order valence-electron chi connectivity index (χ1n) is 12.5. The smallest absolute Gasteiger partial charge is 0.127 e. The second-order valence-corrected chi connectivity index (χ2v) is 8.99. The largest absolute Gasteiger partial charge is 0.362 e. The number of halogens is 1. The molecule has 0 saturated heterocycles. The molecule has 1 heterocycles. The molecule has 0 amide bonds. The van der Waals surface area contributed by atoms with Gasteiger partial charge in [-0.05, 0) is 75.5 Å². The Balaban J connectivity index is 0.000000311. The van der Waals surface area contributed by atoms with Crippen molar-refractivity contribution in [1.82, 2.24) is 4.90 Å². The Morgan fingerprint density at radius 2 is 1.68 bits per heavy atom. The minimum atomic E-state index is -0.0260. The molecule has 0 N–H and O–H groups in total. The Kier molecular flexibility index (Phi) is 14.1. The monoisotopic (exact) mass is 431 g/mol. The van der Waals surface area contributed by atoms with E-state index in [1.54, 1.807) is 6.07 Å². The van der Waals surface area contributed by atoms with E-state index in [0.29, 0.717) is 5.92 Å². The van der Waals surface area contributed by atoms with Crippen molar-refractivity contribution in [2.75, 3.05) is 13.6 Å². The Morgan fingerprint density at radius 3 is 2.29 bits per heavy atom. The van der Waals surface area contributed by atoms with Gasteiger partial charge in [-0.25, -0.2) is 4.39 Å². The fraction of sp³-hybridized carbons (Fsp3) is 0.704. The molecule has 1 aliphatic rings. The summed E-state index contributed by atoms with van der Waals surface area (Å²) in [4.78, 5) is 2.28. The Morgan fingerprint density at radius 1 is 0.968 bits per heavy atom. The van der Waals surface area contributed by atoms with Gasteiger partial charge >= 0.3 is 0 Å². The number of nitrogens with zero attached hydrogens (tertiary/aromatic N) is 3. The maximum atomic E-state index is 13.7. The zero-order chi connectivity index (χ0) is 23.1. The van der Waals surface area contributed by atoms with E-state index in [-0.39, 0.29) is 5.82 Å². The number of hydrogen-bond donors (Lipinski definition) is 0. The lowest BCUT2D eigenvalue weighted by molar-refractivity contribution is 0.459. The van der Waals surface area contributed by atoms with Gasteiger partial charge in [0.25, 0.3) is 0 Å². The quantitative estimate of drug-likeness (QED) is 0.407. The fourth-order valence-electron chi connectivity index (χ4n) is 4.00. The SMILES string of the molecule is CCCC(CCC)c1ccc(C)cc1F.CCCC/C1=N/N=C(\C)CCCCCN1C. The zero-order valence-electron chi connectivity index (χ0n) is 21.0. The van der Waals surface area contributed by atoms with Gasteiger partial charge < -0.3 is 4.90 Å². The Bertz CT molecular complexity index is 675. The normalized spacial score (nSPS) is 18.5. The van der Waals surface area contributed by atoms with E-state index in [2.05, 4.69) is 49.8 Å². The first kappa shape index (κ1) is 27.3. The van der Waals surface area contributed by atoms with Crippen LogP contribution in [0.2, 0.25) is 0 Å². The molecule has 2 rings (SSSR count). The summed E-state index contributed by atoms with van der Waals surface area (Å²) in [6.07, 6.45) is 12.8. The van der Waals surface area contributed by atoms with Crippen LogP contribution in [0.3, 0.4) is 0 Å². The summed E-state index contributed by atoms with van der Waals surface area (Å²) >= 11 is 0. The molecule has 0 atom stereocenters. The third-order valence-electron chi connectivity index (χ3n) is 5.93. The summed E-state index contributed by atoms with van der Waals surface area (Å²) in [6.45, 7) is 11.7. The van der Waals surface area contributed by atoms with Crippen LogP contribution in [-0.2, 0) is 0 Å². The van der Waals surface area contributed by atoms with Crippen molar-refractivity contribution in [3.8, 4) is 0 Å². The second-order valence-electron chi connectivity index (χ2n) is 8.99. The summed E-state index contributed by atoms with van der Waals surface area (Å²) in [5, 5.41) is 8.75. The van der Waals surface area contributed by atoms with Gasteiger partial charge in [0.2, 0.25) is 0 Å². The molecule has 1 aromatic carbocycles. The number of unbranched alkanes of at least 4 members (excludes halogenated alkanes) is 1. The molecule has 0 aromatic heterocycles. The molecule has 0 spiro atoms. The summed E-state index contributed by atoms with van der Waals surface area (Å²) in [5.41, 5.74) is 3.08. The van der Waals surface area contributed by atoms with E-state index in [1.165, 1.54) is 37.8 Å². The highest BCUT2D eigenvalue weighted by atomic mass is 19.1. The summed E-state index contributed by atoms with van der Waals surface area (Å²) in [6, 6.07) is 5.62. The van der Waals surface area contributed by atoms with Gasteiger partial charge in [0.15, 0.2) is 0 Å². The standard InChI is InChI=1S/C14H21F.C13H25N3/c1-4-6-12(7-5-2)13-9-8-11(3)10-14(13)15;1-4-5-10-13-15-14-12(2)9-7-6-8-11-16(13)3/h8-10,12H,4-7H2,1-3H3;4-11H2,1-3H3/b;14-12+,15-13-. The summed E-state index contributed by atoms with van der Waals surface area (Å²) in [5.74, 6) is 1.53. The molecule has 4 heteroatoms. The molecule has 1 aliphatic heterocycles. The molecule has 0 unspecified atom stereocenters. The van der Waals surface area contributed by atoms with Crippen molar-refractivity contribution in [3.05, 3.63) is 35.1 Å². The van der Waals surface area contributed by atoms with Crippen LogP contribution >= 0.6 is 0 Å². The second kappa shape index (κ2) is 16.0. The van der Waals surface area contributed by atoms with Crippen molar-refractivity contribution >= 4 is 11.5 Å². The van der Waals surface area contributed by atoms with Crippen LogP contribution in [0.15, 0.2) is 28.4 Å². The molecule has 0 bridgehead atoms. The predicted molar refractivity (Wildman–Crippen MR) is 135 cm³/mol. The molecule has 0 aliphatic carbocycles. The highest BCUT2D eigenvalue weighted by Gasteiger charge is 2.14. The lowest BCUT2D eigenvalue weighted by atomic mass is 9.89. The van der Waals surface area contributed by atoms with E-state index in [9.17, 15) is 4.39 Å². The van der Waals surface area contributed by atoms with Crippen molar-refractivity contribution in [2.24, 2.45) is 10.2 Å². The van der Waals surface area contributed by atoms with E-state index in [0.717, 1.165) is 62.0 Å². The van der Waals surface area contributed by atoms with E-state index in [1.807, 2.05) is 19.1 Å². The molecule has 1 aromatic rings. The zero-order valence-corrected chi connectivity index (χ0v) is 21.0. The van der Waals surface area contributed by atoms with E-state index < -0.39 is 0 Å². The topological polar surface area (TPSA) is 28.0 Å². The van der Waals surface area contributed by atoms with Crippen LogP contribution in [0.4, 0.5) is 4.39 Å². The maximum absolute atomic E-state index is 13.7. The minimum absolute atomic E-state index is 0.0260. The molecule has 0 radical (unpaired) electrons. The minimum Gasteiger partial charge on any atom is -0.362 e. The Hall–Kier alpha value is -1.71. The van der Waals surface area contributed by atoms with Crippen LogP contribution in [0.1, 0.15) is 115 Å². The lowest BCUT2D eigenvalue weighted by Crippen LogP contribution is -2.28.